The number of rotatable bonds is 4. The second-order valence-electron chi connectivity index (χ2n) is 5.44. The second-order valence-corrected chi connectivity index (χ2v) is 6.53. The van der Waals surface area contributed by atoms with Crippen LogP contribution in [0.5, 0.6) is 0 Å². The Morgan fingerprint density at radius 2 is 2.29 bits per heavy atom. The highest BCUT2D eigenvalue weighted by molar-refractivity contribution is 7.15. The lowest BCUT2D eigenvalue weighted by Crippen LogP contribution is -2.57. The number of hydrogen-bond acceptors (Lipinski definition) is 4. The van der Waals surface area contributed by atoms with Crippen LogP contribution >= 0.6 is 23.7 Å². The van der Waals surface area contributed by atoms with Gasteiger partial charge in [-0.1, -0.05) is 12.8 Å². The molecule has 2 heterocycles. The minimum atomic E-state index is -2.90. The summed E-state index contributed by atoms with van der Waals surface area (Å²) in [5, 5.41) is 2.66. The maximum atomic E-state index is 13.6. The molecule has 1 atom stereocenters. The summed E-state index contributed by atoms with van der Waals surface area (Å²) >= 11 is 1.26. The van der Waals surface area contributed by atoms with Gasteiger partial charge in [0.15, 0.2) is 5.13 Å². The molecule has 3 rings (SSSR count). The van der Waals surface area contributed by atoms with Crippen LogP contribution in [0.2, 0.25) is 0 Å². The van der Waals surface area contributed by atoms with Gasteiger partial charge in [-0.3, -0.25) is 0 Å². The largest absolute Gasteiger partial charge is 0.375 e. The number of carbonyl (C=O) groups excluding carboxylic acids is 1. The fourth-order valence-electron chi connectivity index (χ4n) is 2.46. The van der Waals surface area contributed by atoms with Gasteiger partial charge in [-0.05, 0) is 12.3 Å². The molecular weight excluding hydrogens is 322 g/mol. The van der Waals surface area contributed by atoms with E-state index in [1.807, 2.05) is 0 Å². The zero-order valence-electron chi connectivity index (χ0n) is 11.2. The van der Waals surface area contributed by atoms with E-state index in [-0.39, 0.29) is 18.4 Å². The molecule has 5 nitrogen and oxygen atoms in total. The van der Waals surface area contributed by atoms with Crippen molar-refractivity contribution in [3.8, 4) is 0 Å². The molecule has 1 aromatic rings. The van der Waals surface area contributed by atoms with Crippen LogP contribution in [-0.2, 0) is 0 Å². The molecule has 2 fully saturated rings. The predicted octanol–water partition coefficient (Wildman–Crippen LogP) is 2.65. The topological polar surface area (TPSA) is 71.2 Å². The molecule has 1 aliphatic carbocycles. The van der Waals surface area contributed by atoms with Crippen molar-refractivity contribution in [2.45, 2.75) is 31.2 Å². The third-order valence-corrected chi connectivity index (χ3v) is 4.59. The van der Waals surface area contributed by atoms with E-state index >= 15 is 0 Å². The normalized spacial score (nSPS) is 22.4. The summed E-state index contributed by atoms with van der Waals surface area (Å²) in [5.41, 5.74) is 5.62. The van der Waals surface area contributed by atoms with Crippen molar-refractivity contribution in [1.29, 1.82) is 0 Å². The number of thiazole rings is 1. The van der Waals surface area contributed by atoms with Crippen molar-refractivity contribution < 1.29 is 13.6 Å². The number of alkyl halides is 2. The lowest BCUT2D eigenvalue weighted by Gasteiger charge is -2.38. The standard InChI is InChI=1S/C12H16F2N4OS.ClH/c13-12(14)5-17-11(19)18(6-12)8(3-7-1-2-7)9-4-16-10(15)20-9;/h4,7-8H,1-3,5-6H2,(H2,15,16)(H,17,19);1H. The number of amides is 2. The first kappa shape index (κ1) is 16.2. The van der Waals surface area contributed by atoms with Crippen molar-refractivity contribution in [3.63, 3.8) is 0 Å². The van der Waals surface area contributed by atoms with E-state index in [0.717, 1.165) is 17.7 Å². The first-order chi connectivity index (χ1) is 9.44. The molecule has 2 amide bonds. The van der Waals surface area contributed by atoms with E-state index in [2.05, 4.69) is 10.3 Å². The minimum absolute atomic E-state index is 0. The summed E-state index contributed by atoms with van der Waals surface area (Å²) in [4.78, 5) is 17.9. The van der Waals surface area contributed by atoms with Crippen LogP contribution in [0.15, 0.2) is 6.20 Å². The van der Waals surface area contributed by atoms with Gasteiger partial charge in [0.25, 0.3) is 5.92 Å². The molecule has 3 N–H and O–H groups in total. The van der Waals surface area contributed by atoms with Gasteiger partial charge in [0, 0.05) is 11.1 Å². The Bertz CT molecular complexity index is 523. The number of nitrogens with two attached hydrogens (primary N) is 1. The molecule has 0 spiro atoms. The third-order valence-electron chi connectivity index (χ3n) is 3.66. The molecular formula is C12H17ClF2N4OS. The molecule has 0 bridgehead atoms. The average molecular weight is 339 g/mol. The highest BCUT2D eigenvalue weighted by Gasteiger charge is 2.43. The van der Waals surface area contributed by atoms with Gasteiger partial charge in [-0.15, -0.1) is 23.7 Å². The molecule has 9 heteroatoms. The van der Waals surface area contributed by atoms with E-state index in [0.29, 0.717) is 17.5 Å². The molecule has 2 aliphatic rings. The summed E-state index contributed by atoms with van der Waals surface area (Å²) in [6.07, 6.45) is 4.48. The second kappa shape index (κ2) is 5.92. The van der Waals surface area contributed by atoms with E-state index in [9.17, 15) is 13.6 Å². The SMILES string of the molecule is Cl.Nc1ncc(C(CC2CC2)N2CC(F)(F)CNC2=O)s1. The molecule has 1 unspecified atom stereocenters. The molecule has 21 heavy (non-hydrogen) atoms. The Balaban J connectivity index is 0.00000161. The lowest BCUT2D eigenvalue weighted by atomic mass is 10.1. The van der Waals surface area contributed by atoms with Gasteiger partial charge < -0.3 is 16.0 Å². The van der Waals surface area contributed by atoms with Crippen molar-refractivity contribution >= 4 is 34.9 Å². The number of nitrogens with zero attached hydrogens (tertiary/aromatic N) is 2. The van der Waals surface area contributed by atoms with Crippen molar-refractivity contribution in [3.05, 3.63) is 11.1 Å². The lowest BCUT2D eigenvalue weighted by molar-refractivity contribution is -0.0452. The Labute approximate surface area is 131 Å². The number of urea groups is 1. The highest BCUT2D eigenvalue weighted by Crippen LogP contribution is 2.42. The van der Waals surface area contributed by atoms with Crippen LogP contribution in [0, 0.1) is 5.92 Å². The predicted molar refractivity (Wildman–Crippen MR) is 78.9 cm³/mol. The number of halogens is 3. The van der Waals surface area contributed by atoms with Crippen molar-refractivity contribution in [2.75, 3.05) is 18.8 Å². The number of nitrogens with one attached hydrogen (secondary N) is 1. The number of carbonyl (C=O) groups is 1. The molecule has 1 aliphatic heterocycles. The molecule has 0 aromatic carbocycles. The highest BCUT2D eigenvalue weighted by atomic mass is 35.5. The Morgan fingerprint density at radius 1 is 1.57 bits per heavy atom. The zero-order chi connectivity index (χ0) is 14.3. The average Bonchev–Trinajstić information content (AvgIpc) is 3.10. The number of aromatic nitrogens is 1. The van der Waals surface area contributed by atoms with Crippen LogP contribution in [0.4, 0.5) is 18.7 Å². The van der Waals surface area contributed by atoms with Crippen LogP contribution in [0.1, 0.15) is 30.2 Å². The van der Waals surface area contributed by atoms with Crippen molar-refractivity contribution in [1.82, 2.24) is 15.2 Å². The van der Waals surface area contributed by atoms with Gasteiger partial charge in [-0.25, -0.2) is 18.6 Å². The van der Waals surface area contributed by atoms with Gasteiger partial charge in [0.2, 0.25) is 0 Å². The smallest absolute Gasteiger partial charge is 0.318 e. The van der Waals surface area contributed by atoms with E-state index in [1.165, 1.54) is 16.2 Å². The van der Waals surface area contributed by atoms with E-state index in [4.69, 9.17) is 5.73 Å². The maximum absolute atomic E-state index is 13.6. The molecule has 0 radical (unpaired) electrons. The fraction of sp³-hybridized carbons (Fsp3) is 0.667. The quantitative estimate of drug-likeness (QED) is 0.886. The van der Waals surface area contributed by atoms with Crippen LogP contribution in [-0.4, -0.2) is 34.9 Å². The van der Waals surface area contributed by atoms with Crippen LogP contribution in [0.25, 0.3) is 0 Å². The van der Waals surface area contributed by atoms with Crippen LogP contribution in [0.3, 0.4) is 0 Å². The first-order valence-corrected chi connectivity index (χ1v) is 7.40. The Morgan fingerprint density at radius 3 is 2.86 bits per heavy atom. The van der Waals surface area contributed by atoms with Crippen molar-refractivity contribution in [2.24, 2.45) is 5.92 Å². The van der Waals surface area contributed by atoms with E-state index in [1.54, 1.807) is 6.20 Å². The monoisotopic (exact) mass is 338 g/mol. The van der Waals surface area contributed by atoms with Crippen LogP contribution < -0.4 is 11.1 Å². The molecule has 1 aromatic heterocycles. The fourth-order valence-corrected chi connectivity index (χ4v) is 3.27. The summed E-state index contributed by atoms with van der Waals surface area (Å²) in [5.74, 6) is -2.39. The maximum Gasteiger partial charge on any atom is 0.318 e. The Hall–Kier alpha value is -1.15. The molecule has 1 saturated carbocycles. The summed E-state index contributed by atoms with van der Waals surface area (Å²) in [6, 6.07) is -0.794. The summed E-state index contributed by atoms with van der Waals surface area (Å²) in [7, 11) is 0. The number of hydrogen-bond donors (Lipinski definition) is 2. The summed E-state index contributed by atoms with van der Waals surface area (Å²) < 4.78 is 27.1. The van der Waals surface area contributed by atoms with Gasteiger partial charge >= 0.3 is 6.03 Å². The molecule has 118 valence electrons. The molecule has 1 saturated heterocycles. The van der Waals surface area contributed by atoms with Gasteiger partial charge in [-0.2, -0.15) is 0 Å². The van der Waals surface area contributed by atoms with E-state index < -0.39 is 25.0 Å². The Kier molecular flexibility index (Phi) is 4.57. The number of nitrogen functional groups attached to an aromatic ring is 1. The van der Waals surface area contributed by atoms with Gasteiger partial charge in [0.1, 0.15) is 0 Å². The number of anilines is 1. The summed E-state index contributed by atoms with van der Waals surface area (Å²) in [6.45, 7) is -1.14. The third kappa shape index (κ3) is 3.74. The van der Waals surface area contributed by atoms with Gasteiger partial charge in [0.05, 0.1) is 19.1 Å². The first-order valence-electron chi connectivity index (χ1n) is 6.58. The zero-order valence-corrected chi connectivity index (χ0v) is 12.9. The minimum Gasteiger partial charge on any atom is -0.375 e.